The lowest BCUT2D eigenvalue weighted by Crippen LogP contribution is -2.02. The van der Waals surface area contributed by atoms with E-state index in [9.17, 15) is 4.39 Å². The van der Waals surface area contributed by atoms with E-state index in [1.165, 1.54) is 19.2 Å². The molecular formula is C17H20FNO2. The lowest BCUT2D eigenvalue weighted by Gasteiger charge is -2.11. The summed E-state index contributed by atoms with van der Waals surface area (Å²) in [6, 6.07) is 12.4. The molecule has 0 aliphatic rings. The quantitative estimate of drug-likeness (QED) is 0.827. The van der Waals surface area contributed by atoms with E-state index in [2.05, 4.69) is 12.2 Å². The lowest BCUT2D eigenvalue weighted by atomic mass is 10.2. The maximum Gasteiger partial charge on any atom is 0.144 e. The molecule has 0 fully saturated rings. The average molecular weight is 289 g/mol. The Morgan fingerprint density at radius 3 is 2.52 bits per heavy atom. The Morgan fingerprint density at radius 1 is 1.10 bits per heavy atom. The normalized spacial score (nSPS) is 10.2. The number of halogens is 1. The van der Waals surface area contributed by atoms with Gasteiger partial charge in [-0.3, -0.25) is 0 Å². The van der Waals surface area contributed by atoms with Crippen LogP contribution in [0.5, 0.6) is 11.5 Å². The van der Waals surface area contributed by atoms with Crippen LogP contribution in [0.3, 0.4) is 0 Å². The first-order chi connectivity index (χ1) is 10.2. The van der Waals surface area contributed by atoms with Crippen molar-refractivity contribution < 1.29 is 13.9 Å². The van der Waals surface area contributed by atoms with Gasteiger partial charge in [0, 0.05) is 12.6 Å². The summed E-state index contributed by atoms with van der Waals surface area (Å²) in [5.41, 5.74) is 1.88. The number of benzene rings is 2. The highest BCUT2D eigenvalue weighted by atomic mass is 19.1. The van der Waals surface area contributed by atoms with Crippen LogP contribution in [0.4, 0.5) is 10.1 Å². The van der Waals surface area contributed by atoms with Crippen LogP contribution in [0.1, 0.15) is 18.9 Å². The molecule has 1 N–H and O–H groups in total. The Kier molecular flexibility index (Phi) is 5.43. The standard InChI is InChI=1S/C17H20FNO2/c1-3-10-21-15-7-4-13(5-8-15)12-19-16-9-6-14(18)11-17(16)20-2/h4-9,11,19H,3,10,12H2,1-2H3. The van der Waals surface area contributed by atoms with Crippen molar-refractivity contribution in [2.24, 2.45) is 0 Å². The van der Waals surface area contributed by atoms with E-state index in [4.69, 9.17) is 9.47 Å². The third kappa shape index (κ3) is 4.38. The number of hydrogen-bond acceptors (Lipinski definition) is 3. The van der Waals surface area contributed by atoms with E-state index >= 15 is 0 Å². The van der Waals surface area contributed by atoms with Gasteiger partial charge >= 0.3 is 0 Å². The molecule has 0 spiro atoms. The number of nitrogens with one attached hydrogen (secondary N) is 1. The second kappa shape index (κ2) is 7.53. The van der Waals surface area contributed by atoms with Crippen LogP contribution in [0.15, 0.2) is 42.5 Å². The molecule has 21 heavy (non-hydrogen) atoms. The van der Waals surface area contributed by atoms with E-state index in [1.54, 1.807) is 6.07 Å². The van der Waals surface area contributed by atoms with Crippen molar-refractivity contribution in [3.8, 4) is 11.5 Å². The second-order valence-corrected chi connectivity index (χ2v) is 4.69. The summed E-state index contributed by atoms with van der Waals surface area (Å²) in [7, 11) is 1.53. The van der Waals surface area contributed by atoms with Gasteiger partial charge in [0.25, 0.3) is 0 Å². The van der Waals surface area contributed by atoms with Crippen LogP contribution >= 0.6 is 0 Å². The van der Waals surface area contributed by atoms with Gasteiger partial charge in [0.05, 0.1) is 19.4 Å². The number of ether oxygens (including phenoxy) is 2. The molecule has 0 bridgehead atoms. The summed E-state index contributed by atoms with van der Waals surface area (Å²) in [6.45, 7) is 3.44. The molecule has 0 unspecified atom stereocenters. The molecule has 0 radical (unpaired) electrons. The maximum atomic E-state index is 13.1. The molecule has 2 aromatic rings. The minimum absolute atomic E-state index is 0.310. The van der Waals surface area contributed by atoms with Gasteiger partial charge in [0.2, 0.25) is 0 Å². The van der Waals surface area contributed by atoms with Crippen molar-refractivity contribution in [3.05, 3.63) is 53.8 Å². The highest BCUT2D eigenvalue weighted by molar-refractivity contribution is 5.56. The fraction of sp³-hybridized carbons (Fsp3) is 0.294. The first kappa shape index (κ1) is 15.2. The maximum absolute atomic E-state index is 13.1. The Hall–Kier alpha value is -2.23. The number of methoxy groups -OCH3 is 1. The molecule has 2 rings (SSSR count). The largest absolute Gasteiger partial charge is 0.494 e. The second-order valence-electron chi connectivity index (χ2n) is 4.69. The van der Waals surface area contributed by atoms with Crippen LogP contribution in [0.25, 0.3) is 0 Å². The molecule has 4 heteroatoms. The monoisotopic (exact) mass is 289 g/mol. The van der Waals surface area contributed by atoms with E-state index < -0.39 is 0 Å². The van der Waals surface area contributed by atoms with Crippen molar-refractivity contribution in [1.82, 2.24) is 0 Å². The van der Waals surface area contributed by atoms with Gasteiger partial charge in [-0.1, -0.05) is 19.1 Å². The molecule has 0 saturated heterocycles. The van der Waals surface area contributed by atoms with Gasteiger partial charge < -0.3 is 14.8 Å². The Morgan fingerprint density at radius 2 is 1.86 bits per heavy atom. The average Bonchev–Trinajstić information content (AvgIpc) is 2.52. The summed E-state index contributed by atoms with van der Waals surface area (Å²) in [4.78, 5) is 0. The van der Waals surface area contributed by atoms with Crippen LogP contribution in [-0.4, -0.2) is 13.7 Å². The first-order valence-electron chi connectivity index (χ1n) is 7.02. The first-order valence-corrected chi connectivity index (χ1v) is 7.02. The van der Waals surface area contributed by atoms with Crippen LogP contribution in [-0.2, 0) is 6.54 Å². The molecule has 0 aromatic heterocycles. The zero-order valence-corrected chi connectivity index (χ0v) is 12.4. The molecule has 3 nitrogen and oxygen atoms in total. The molecule has 0 amide bonds. The lowest BCUT2D eigenvalue weighted by molar-refractivity contribution is 0.317. The molecule has 0 atom stereocenters. The smallest absolute Gasteiger partial charge is 0.144 e. The van der Waals surface area contributed by atoms with Gasteiger partial charge in [0.1, 0.15) is 17.3 Å². The summed E-state index contributed by atoms with van der Waals surface area (Å²) >= 11 is 0. The van der Waals surface area contributed by atoms with E-state index in [0.29, 0.717) is 12.3 Å². The summed E-state index contributed by atoms with van der Waals surface area (Å²) in [6.07, 6.45) is 0.994. The van der Waals surface area contributed by atoms with Crippen molar-refractivity contribution in [1.29, 1.82) is 0 Å². The molecule has 0 heterocycles. The highest BCUT2D eigenvalue weighted by Gasteiger charge is 2.04. The zero-order chi connectivity index (χ0) is 15.1. The van der Waals surface area contributed by atoms with Gasteiger partial charge in [-0.05, 0) is 36.2 Å². The Balaban J connectivity index is 1.96. The third-order valence-electron chi connectivity index (χ3n) is 3.04. The van der Waals surface area contributed by atoms with Gasteiger partial charge in [-0.15, -0.1) is 0 Å². The molecule has 2 aromatic carbocycles. The van der Waals surface area contributed by atoms with Crippen LogP contribution < -0.4 is 14.8 Å². The van der Waals surface area contributed by atoms with Gasteiger partial charge in [-0.25, -0.2) is 4.39 Å². The predicted molar refractivity (Wildman–Crippen MR) is 82.5 cm³/mol. The number of rotatable bonds is 7. The third-order valence-corrected chi connectivity index (χ3v) is 3.04. The van der Waals surface area contributed by atoms with Crippen molar-refractivity contribution in [3.63, 3.8) is 0 Å². The fourth-order valence-electron chi connectivity index (χ4n) is 1.93. The zero-order valence-electron chi connectivity index (χ0n) is 12.4. The Bertz CT molecular complexity index is 570. The van der Waals surface area contributed by atoms with E-state index in [1.807, 2.05) is 24.3 Å². The highest BCUT2D eigenvalue weighted by Crippen LogP contribution is 2.25. The summed E-state index contributed by atoms with van der Waals surface area (Å²) < 4.78 is 23.8. The molecule has 0 aliphatic carbocycles. The molecule has 0 saturated carbocycles. The Labute approximate surface area is 124 Å². The topological polar surface area (TPSA) is 30.5 Å². The van der Waals surface area contributed by atoms with Gasteiger partial charge in [0.15, 0.2) is 0 Å². The molecule has 112 valence electrons. The minimum atomic E-state index is -0.310. The number of anilines is 1. The predicted octanol–water partition coefficient (Wildman–Crippen LogP) is 4.24. The summed E-state index contributed by atoms with van der Waals surface area (Å²) in [5.74, 6) is 1.06. The number of hydrogen-bond donors (Lipinski definition) is 1. The van der Waals surface area contributed by atoms with Gasteiger partial charge in [-0.2, -0.15) is 0 Å². The van der Waals surface area contributed by atoms with Crippen LogP contribution in [0, 0.1) is 5.82 Å². The van der Waals surface area contributed by atoms with Crippen LogP contribution in [0.2, 0.25) is 0 Å². The minimum Gasteiger partial charge on any atom is -0.494 e. The van der Waals surface area contributed by atoms with Crippen molar-refractivity contribution in [2.75, 3.05) is 19.0 Å². The fourth-order valence-corrected chi connectivity index (χ4v) is 1.93. The summed E-state index contributed by atoms with van der Waals surface area (Å²) in [5, 5.41) is 3.24. The van der Waals surface area contributed by atoms with E-state index in [-0.39, 0.29) is 5.82 Å². The molecular weight excluding hydrogens is 269 g/mol. The SMILES string of the molecule is CCCOc1ccc(CNc2ccc(F)cc2OC)cc1. The molecule has 0 aliphatic heterocycles. The van der Waals surface area contributed by atoms with Crippen molar-refractivity contribution >= 4 is 5.69 Å². The van der Waals surface area contributed by atoms with E-state index in [0.717, 1.165) is 30.0 Å². The van der Waals surface area contributed by atoms with Crippen molar-refractivity contribution in [2.45, 2.75) is 19.9 Å².